The molecule has 114 valence electrons. The van der Waals surface area contributed by atoms with E-state index >= 15 is 0 Å². The van der Waals surface area contributed by atoms with Crippen LogP contribution >= 0.6 is 15.9 Å². The lowest BCUT2D eigenvalue weighted by Gasteiger charge is -2.19. The number of benzene rings is 1. The van der Waals surface area contributed by atoms with E-state index in [2.05, 4.69) is 40.2 Å². The molecule has 0 saturated heterocycles. The maximum absolute atomic E-state index is 13.1. The minimum atomic E-state index is -0.205. The highest BCUT2D eigenvalue weighted by Gasteiger charge is 2.18. The second kappa shape index (κ2) is 7.18. The molecular weight excluding hydrogens is 333 g/mol. The van der Waals surface area contributed by atoms with E-state index in [1.165, 1.54) is 12.1 Å². The SMILES string of the molecule is CCNC(Cc1c(Br)c(CC)nn1C)c1ccc(F)cc1. The van der Waals surface area contributed by atoms with Crippen molar-refractivity contribution in [2.24, 2.45) is 7.05 Å². The molecule has 1 aromatic carbocycles. The van der Waals surface area contributed by atoms with Crippen LogP contribution in [0, 0.1) is 5.82 Å². The summed E-state index contributed by atoms with van der Waals surface area (Å²) in [4.78, 5) is 0. The van der Waals surface area contributed by atoms with Crippen molar-refractivity contribution in [3.63, 3.8) is 0 Å². The van der Waals surface area contributed by atoms with Crippen molar-refractivity contribution < 1.29 is 4.39 Å². The van der Waals surface area contributed by atoms with Crippen molar-refractivity contribution in [1.82, 2.24) is 15.1 Å². The van der Waals surface area contributed by atoms with E-state index in [-0.39, 0.29) is 11.9 Å². The van der Waals surface area contributed by atoms with Gasteiger partial charge in [0.1, 0.15) is 5.82 Å². The zero-order valence-corrected chi connectivity index (χ0v) is 14.2. The zero-order valence-electron chi connectivity index (χ0n) is 12.7. The molecule has 1 N–H and O–H groups in total. The molecule has 0 bridgehead atoms. The number of aryl methyl sites for hydroxylation is 2. The number of halogens is 2. The van der Waals surface area contributed by atoms with Gasteiger partial charge >= 0.3 is 0 Å². The van der Waals surface area contributed by atoms with E-state index in [9.17, 15) is 4.39 Å². The fraction of sp³-hybridized carbons (Fsp3) is 0.438. The Morgan fingerprint density at radius 2 is 1.95 bits per heavy atom. The van der Waals surface area contributed by atoms with Gasteiger partial charge in [0.2, 0.25) is 0 Å². The third kappa shape index (κ3) is 3.71. The largest absolute Gasteiger partial charge is 0.310 e. The summed E-state index contributed by atoms with van der Waals surface area (Å²) >= 11 is 3.65. The highest BCUT2D eigenvalue weighted by atomic mass is 79.9. The number of likely N-dealkylation sites (N-methyl/N-ethyl adjacent to an activating group) is 1. The molecule has 0 amide bonds. The second-order valence-corrected chi connectivity index (χ2v) is 5.84. The van der Waals surface area contributed by atoms with Gasteiger partial charge in [-0.2, -0.15) is 5.10 Å². The Kier molecular flexibility index (Phi) is 5.53. The Balaban J connectivity index is 2.28. The quantitative estimate of drug-likeness (QED) is 0.856. The van der Waals surface area contributed by atoms with Gasteiger partial charge in [0.15, 0.2) is 0 Å². The van der Waals surface area contributed by atoms with Crippen molar-refractivity contribution in [2.75, 3.05) is 6.54 Å². The molecule has 0 aliphatic heterocycles. The minimum Gasteiger partial charge on any atom is -0.310 e. The number of hydrogen-bond acceptors (Lipinski definition) is 2. The first-order valence-corrected chi connectivity index (χ1v) is 8.05. The van der Waals surface area contributed by atoms with Gasteiger partial charge in [-0.25, -0.2) is 4.39 Å². The molecule has 2 rings (SSSR count). The molecule has 2 aromatic rings. The molecule has 0 spiro atoms. The first-order chi connectivity index (χ1) is 10.1. The van der Waals surface area contributed by atoms with Crippen LogP contribution < -0.4 is 5.32 Å². The van der Waals surface area contributed by atoms with E-state index in [0.29, 0.717) is 0 Å². The van der Waals surface area contributed by atoms with Gasteiger partial charge in [-0.3, -0.25) is 4.68 Å². The summed E-state index contributed by atoms with van der Waals surface area (Å²) in [6.45, 7) is 5.03. The highest BCUT2D eigenvalue weighted by molar-refractivity contribution is 9.10. The summed E-state index contributed by atoms with van der Waals surface area (Å²) in [7, 11) is 1.97. The monoisotopic (exact) mass is 353 g/mol. The van der Waals surface area contributed by atoms with Gasteiger partial charge in [0.05, 0.1) is 15.9 Å². The van der Waals surface area contributed by atoms with Crippen LogP contribution in [0.3, 0.4) is 0 Å². The Bertz CT molecular complexity index is 592. The van der Waals surface area contributed by atoms with Gasteiger partial charge < -0.3 is 5.32 Å². The van der Waals surface area contributed by atoms with E-state index in [1.54, 1.807) is 0 Å². The molecule has 1 atom stereocenters. The molecule has 1 unspecified atom stereocenters. The maximum atomic E-state index is 13.1. The molecule has 5 heteroatoms. The van der Waals surface area contributed by atoms with E-state index in [4.69, 9.17) is 0 Å². The van der Waals surface area contributed by atoms with Crippen LogP contribution in [0.1, 0.15) is 36.8 Å². The van der Waals surface area contributed by atoms with Gasteiger partial charge in [-0.1, -0.05) is 26.0 Å². The lowest BCUT2D eigenvalue weighted by atomic mass is 10.0. The Morgan fingerprint density at radius 3 is 2.48 bits per heavy atom. The molecule has 0 saturated carbocycles. The summed E-state index contributed by atoms with van der Waals surface area (Å²) < 4.78 is 16.1. The molecule has 0 fully saturated rings. The highest BCUT2D eigenvalue weighted by Crippen LogP contribution is 2.27. The van der Waals surface area contributed by atoms with Crippen molar-refractivity contribution in [2.45, 2.75) is 32.7 Å². The van der Waals surface area contributed by atoms with Crippen LogP contribution in [0.15, 0.2) is 28.7 Å². The third-order valence-electron chi connectivity index (χ3n) is 3.62. The normalized spacial score (nSPS) is 12.6. The van der Waals surface area contributed by atoms with E-state index in [0.717, 1.165) is 40.8 Å². The first-order valence-electron chi connectivity index (χ1n) is 7.25. The Labute approximate surface area is 133 Å². The molecule has 1 aromatic heterocycles. The minimum absolute atomic E-state index is 0.145. The van der Waals surface area contributed by atoms with Crippen molar-refractivity contribution in [3.8, 4) is 0 Å². The summed E-state index contributed by atoms with van der Waals surface area (Å²) in [6, 6.07) is 6.85. The second-order valence-electron chi connectivity index (χ2n) is 5.05. The van der Waals surface area contributed by atoms with Crippen molar-refractivity contribution >= 4 is 15.9 Å². The van der Waals surface area contributed by atoms with Crippen molar-refractivity contribution in [1.29, 1.82) is 0 Å². The number of rotatable bonds is 6. The molecular formula is C16H21BrFN3. The summed E-state index contributed by atoms with van der Waals surface area (Å²) in [5, 5.41) is 8.00. The Morgan fingerprint density at radius 1 is 1.29 bits per heavy atom. The average molecular weight is 354 g/mol. The summed E-state index contributed by atoms with van der Waals surface area (Å²) in [5.74, 6) is -0.205. The maximum Gasteiger partial charge on any atom is 0.123 e. The van der Waals surface area contributed by atoms with Gasteiger partial charge in [-0.15, -0.1) is 0 Å². The third-order valence-corrected chi connectivity index (χ3v) is 4.54. The van der Waals surface area contributed by atoms with Crippen LogP contribution in [-0.4, -0.2) is 16.3 Å². The fourth-order valence-electron chi connectivity index (χ4n) is 2.48. The molecule has 1 heterocycles. The van der Waals surface area contributed by atoms with E-state index in [1.807, 2.05) is 23.9 Å². The predicted octanol–water partition coefficient (Wildman–Crippen LogP) is 3.78. The topological polar surface area (TPSA) is 29.9 Å². The van der Waals surface area contributed by atoms with Gasteiger partial charge in [-0.05, 0) is 46.6 Å². The van der Waals surface area contributed by atoms with Crippen LogP contribution in [0.4, 0.5) is 4.39 Å². The van der Waals surface area contributed by atoms with Crippen molar-refractivity contribution in [3.05, 3.63) is 51.5 Å². The molecule has 0 radical (unpaired) electrons. The lowest BCUT2D eigenvalue weighted by molar-refractivity contribution is 0.526. The van der Waals surface area contributed by atoms with Crippen LogP contribution in [0.25, 0.3) is 0 Å². The molecule has 0 aliphatic carbocycles. The van der Waals surface area contributed by atoms with Crippen LogP contribution in [-0.2, 0) is 19.9 Å². The summed E-state index contributed by atoms with van der Waals surface area (Å²) in [5.41, 5.74) is 3.31. The standard InChI is InChI=1S/C16H21BrFN3/c1-4-13-16(17)15(21(3)20-13)10-14(19-5-2)11-6-8-12(18)9-7-11/h6-9,14,19H,4-5,10H2,1-3H3. The Hall–Kier alpha value is -1.20. The van der Waals surface area contributed by atoms with Gasteiger partial charge in [0.25, 0.3) is 0 Å². The smallest absolute Gasteiger partial charge is 0.123 e. The van der Waals surface area contributed by atoms with Crippen LogP contribution in [0.5, 0.6) is 0 Å². The van der Waals surface area contributed by atoms with Crippen LogP contribution in [0.2, 0.25) is 0 Å². The number of hydrogen-bond donors (Lipinski definition) is 1. The number of aromatic nitrogens is 2. The number of nitrogens with zero attached hydrogens (tertiary/aromatic N) is 2. The lowest BCUT2D eigenvalue weighted by Crippen LogP contribution is -2.24. The fourth-order valence-corrected chi connectivity index (χ4v) is 3.26. The van der Waals surface area contributed by atoms with E-state index < -0.39 is 0 Å². The zero-order chi connectivity index (χ0) is 15.4. The molecule has 21 heavy (non-hydrogen) atoms. The average Bonchev–Trinajstić information content (AvgIpc) is 2.75. The first kappa shape index (κ1) is 16.2. The predicted molar refractivity (Wildman–Crippen MR) is 86.8 cm³/mol. The molecule has 3 nitrogen and oxygen atoms in total. The number of nitrogens with one attached hydrogen (secondary N) is 1. The molecule has 0 aliphatic rings. The van der Waals surface area contributed by atoms with Gasteiger partial charge in [0, 0.05) is 19.5 Å². The summed E-state index contributed by atoms with van der Waals surface area (Å²) in [6.07, 6.45) is 1.71.